The number of nitrogen functional groups attached to an aromatic ring is 1. The number of hydrogen-bond acceptors (Lipinski definition) is 4. The Bertz CT molecular complexity index is 549. The lowest BCUT2D eigenvalue weighted by atomic mass is 10.2. The summed E-state index contributed by atoms with van der Waals surface area (Å²) in [5.74, 6) is 2.27. The topological polar surface area (TPSA) is 64.7 Å². The fraction of sp³-hybridized carbons (Fsp3) is 0.250. The van der Waals surface area contributed by atoms with Crippen molar-refractivity contribution in [2.75, 3.05) is 5.73 Å². The van der Waals surface area contributed by atoms with Crippen molar-refractivity contribution in [1.82, 2.24) is 15.0 Å². The van der Waals surface area contributed by atoms with Gasteiger partial charge in [-0.3, -0.25) is 0 Å². The van der Waals surface area contributed by atoms with Crippen molar-refractivity contribution in [3.63, 3.8) is 0 Å². The van der Waals surface area contributed by atoms with Crippen LogP contribution < -0.4 is 5.73 Å². The highest BCUT2D eigenvalue weighted by molar-refractivity contribution is 9.10. The smallest absolute Gasteiger partial charge is 0.223 e. The number of hydrogen-bond donors (Lipinski definition) is 1. The Morgan fingerprint density at radius 3 is 2.41 bits per heavy atom. The van der Waals surface area contributed by atoms with Gasteiger partial charge in [0.25, 0.3) is 0 Å². The first kappa shape index (κ1) is 10.7. The van der Waals surface area contributed by atoms with Crippen molar-refractivity contribution in [3.8, 4) is 11.4 Å². The van der Waals surface area contributed by atoms with Crippen molar-refractivity contribution in [3.05, 3.63) is 34.6 Å². The van der Waals surface area contributed by atoms with E-state index in [2.05, 4.69) is 30.9 Å². The van der Waals surface area contributed by atoms with Crippen LogP contribution in [0.2, 0.25) is 0 Å². The van der Waals surface area contributed by atoms with Gasteiger partial charge in [-0.2, -0.15) is 9.97 Å². The molecule has 0 saturated heterocycles. The first-order chi connectivity index (χ1) is 8.22. The molecule has 5 heteroatoms. The second kappa shape index (κ2) is 4.07. The van der Waals surface area contributed by atoms with Gasteiger partial charge in [-0.15, -0.1) is 0 Å². The normalized spacial score (nSPS) is 14.9. The van der Waals surface area contributed by atoms with Gasteiger partial charge in [0.15, 0.2) is 5.82 Å². The standard InChI is InChI=1S/C12H11BrN4/c13-9-5-3-8(4-6-9)11-15-10(7-1-2-7)16-12(14)17-11/h3-7H,1-2H2,(H2,14,15,16,17). The van der Waals surface area contributed by atoms with E-state index in [9.17, 15) is 0 Å². The fourth-order valence-electron chi connectivity index (χ4n) is 1.66. The molecular weight excluding hydrogens is 280 g/mol. The van der Waals surface area contributed by atoms with E-state index in [1.54, 1.807) is 0 Å². The number of nitrogens with two attached hydrogens (primary N) is 1. The summed E-state index contributed by atoms with van der Waals surface area (Å²) >= 11 is 3.40. The number of benzene rings is 1. The molecule has 1 aliphatic rings. The molecule has 2 aromatic rings. The molecule has 1 fully saturated rings. The van der Waals surface area contributed by atoms with Crippen LogP contribution in [0.5, 0.6) is 0 Å². The van der Waals surface area contributed by atoms with E-state index in [1.807, 2.05) is 24.3 Å². The summed E-state index contributed by atoms with van der Waals surface area (Å²) in [6, 6.07) is 7.86. The zero-order valence-electron chi connectivity index (χ0n) is 9.10. The molecule has 1 aromatic heterocycles. The fourth-order valence-corrected chi connectivity index (χ4v) is 1.93. The molecule has 0 aliphatic heterocycles. The quantitative estimate of drug-likeness (QED) is 0.924. The van der Waals surface area contributed by atoms with Crippen LogP contribution >= 0.6 is 15.9 Å². The van der Waals surface area contributed by atoms with E-state index in [1.165, 1.54) is 0 Å². The minimum atomic E-state index is 0.305. The molecule has 3 rings (SSSR count). The summed E-state index contributed by atoms with van der Waals surface area (Å²) in [6.45, 7) is 0. The Morgan fingerprint density at radius 1 is 1.06 bits per heavy atom. The van der Waals surface area contributed by atoms with Crippen molar-refractivity contribution in [2.24, 2.45) is 0 Å². The van der Waals surface area contributed by atoms with E-state index in [0.29, 0.717) is 17.7 Å². The van der Waals surface area contributed by atoms with Gasteiger partial charge >= 0.3 is 0 Å². The molecule has 1 aliphatic carbocycles. The molecule has 0 atom stereocenters. The highest BCUT2D eigenvalue weighted by atomic mass is 79.9. The van der Waals surface area contributed by atoms with Gasteiger partial charge in [-0.1, -0.05) is 28.1 Å². The summed E-state index contributed by atoms with van der Waals surface area (Å²) in [4.78, 5) is 12.8. The summed E-state index contributed by atoms with van der Waals surface area (Å²) in [5.41, 5.74) is 6.68. The number of aromatic nitrogens is 3. The van der Waals surface area contributed by atoms with Crippen LogP contribution in [-0.2, 0) is 0 Å². The number of nitrogens with zero attached hydrogens (tertiary/aromatic N) is 3. The Hall–Kier alpha value is -1.49. The van der Waals surface area contributed by atoms with Crippen LogP contribution in [0, 0.1) is 0 Å². The minimum absolute atomic E-state index is 0.305. The van der Waals surface area contributed by atoms with E-state index >= 15 is 0 Å². The van der Waals surface area contributed by atoms with Gasteiger partial charge in [0.1, 0.15) is 5.82 Å². The van der Waals surface area contributed by atoms with Crippen molar-refractivity contribution in [2.45, 2.75) is 18.8 Å². The van der Waals surface area contributed by atoms with Crippen LogP contribution in [0.15, 0.2) is 28.7 Å². The average molecular weight is 291 g/mol. The highest BCUT2D eigenvalue weighted by Gasteiger charge is 2.27. The Balaban J connectivity index is 2.04. The molecule has 0 amide bonds. The van der Waals surface area contributed by atoms with Crippen LogP contribution in [-0.4, -0.2) is 15.0 Å². The summed E-state index contributed by atoms with van der Waals surface area (Å²) in [7, 11) is 0. The molecule has 0 spiro atoms. The Labute approximate surface area is 107 Å². The highest BCUT2D eigenvalue weighted by Crippen LogP contribution is 2.38. The molecule has 1 saturated carbocycles. The lowest BCUT2D eigenvalue weighted by molar-refractivity contribution is 0.902. The Kier molecular flexibility index (Phi) is 2.55. The van der Waals surface area contributed by atoms with Crippen LogP contribution in [0.1, 0.15) is 24.6 Å². The molecule has 0 radical (unpaired) electrons. The maximum atomic E-state index is 5.72. The van der Waals surface area contributed by atoms with Gasteiger partial charge in [0.05, 0.1) is 0 Å². The molecule has 0 bridgehead atoms. The molecule has 4 nitrogen and oxygen atoms in total. The number of rotatable bonds is 2. The van der Waals surface area contributed by atoms with E-state index in [0.717, 1.165) is 28.7 Å². The van der Waals surface area contributed by atoms with Crippen LogP contribution in [0.4, 0.5) is 5.95 Å². The van der Waals surface area contributed by atoms with Crippen molar-refractivity contribution in [1.29, 1.82) is 0 Å². The third-order valence-electron chi connectivity index (χ3n) is 2.71. The lowest BCUT2D eigenvalue weighted by Crippen LogP contribution is -2.03. The number of anilines is 1. The van der Waals surface area contributed by atoms with Gasteiger partial charge in [0.2, 0.25) is 5.95 Å². The molecule has 17 heavy (non-hydrogen) atoms. The first-order valence-electron chi connectivity index (χ1n) is 5.50. The molecule has 1 heterocycles. The van der Waals surface area contributed by atoms with Crippen molar-refractivity contribution >= 4 is 21.9 Å². The SMILES string of the molecule is Nc1nc(-c2ccc(Br)cc2)nc(C2CC2)n1. The average Bonchev–Trinajstić information content (AvgIpc) is 3.13. The third-order valence-corrected chi connectivity index (χ3v) is 3.24. The second-order valence-electron chi connectivity index (χ2n) is 4.16. The van der Waals surface area contributed by atoms with Crippen LogP contribution in [0.25, 0.3) is 11.4 Å². The zero-order valence-corrected chi connectivity index (χ0v) is 10.7. The van der Waals surface area contributed by atoms with Gasteiger partial charge in [0, 0.05) is 16.0 Å². The summed E-state index contributed by atoms with van der Waals surface area (Å²) in [5, 5.41) is 0. The monoisotopic (exact) mass is 290 g/mol. The molecule has 0 unspecified atom stereocenters. The first-order valence-corrected chi connectivity index (χ1v) is 6.29. The van der Waals surface area contributed by atoms with E-state index < -0.39 is 0 Å². The molecule has 86 valence electrons. The minimum Gasteiger partial charge on any atom is -0.368 e. The van der Waals surface area contributed by atoms with Crippen LogP contribution in [0.3, 0.4) is 0 Å². The predicted octanol–water partition coefficient (Wildman–Crippen LogP) is 2.76. The molecule has 1 aromatic carbocycles. The Morgan fingerprint density at radius 2 is 1.76 bits per heavy atom. The van der Waals surface area contributed by atoms with Gasteiger partial charge in [-0.05, 0) is 25.0 Å². The maximum absolute atomic E-state index is 5.72. The van der Waals surface area contributed by atoms with Gasteiger partial charge in [-0.25, -0.2) is 4.98 Å². The maximum Gasteiger partial charge on any atom is 0.223 e. The van der Waals surface area contributed by atoms with Gasteiger partial charge < -0.3 is 5.73 Å². The van der Waals surface area contributed by atoms with E-state index in [-0.39, 0.29) is 0 Å². The lowest BCUT2D eigenvalue weighted by Gasteiger charge is -2.04. The summed E-state index contributed by atoms with van der Waals surface area (Å²) < 4.78 is 1.03. The molecule has 2 N–H and O–H groups in total. The molecular formula is C12H11BrN4. The van der Waals surface area contributed by atoms with E-state index in [4.69, 9.17) is 5.73 Å². The third kappa shape index (κ3) is 2.29. The second-order valence-corrected chi connectivity index (χ2v) is 5.07. The van der Waals surface area contributed by atoms with Crippen molar-refractivity contribution < 1.29 is 0 Å². The predicted molar refractivity (Wildman–Crippen MR) is 69.4 cm³/mol. The summed E-state index contributed by atoms with van der Waals surface area (Å²) in [6.07, 6.45) is 2.31. The number of halogens is 1. The largest absolute Gasteiger partial charge is 0.368 e. The zero-order chi connectivity index (χ0) is 11.8.